The van der Waals surface area contributed by atoms with Gasteiger partial charge in [-0.05, 0) is 24.1 Å². The predicted molar refractivity (Wildman–Crippen MR) is 87.3 cm³/mol. The van der Waals surface area contributed by atoms with Crippen molar-refractivity contribution < 1.29 is 14.0 Å². The van der Waals surface area contributed by atoms with E-state index in [0.29, 0.717) is 11.3 Å². The largest absolute Gasteiger partial charge is 0.351 e. The Bertz CT molecular complexity index is 701. The Labute approximate surface area is 134 Å². The molecule has 0 bridgehead atoms. The highest BCUT2D eigenvalue weighted by atomic mass is 19.1. The molecule has 0 atom stereocenters. The molecule has 0 spiro atoms. The lowest BCUT2D eigenvalue weighted by atomic mass is 10.1. The Kier molecular flexibility index (Phi) is 5.86. The van der Waals surface area contributed by atoms with Crippen LogP contribution in [0.4, 0.5) is 10.1 Å². The molecule has 0 unspecified atom stereocenters. The average Bonchev–Trinajstić information content (AvgIpc) is 2.54. The average molecular weight is 314 g/mol. The van der Waals surface area contributed by atoms with Gasteiger partial charge in [0.1, 0.15) is 12.2 Å². The smallest absolute Gasteiger partial charge is 0.233 e. The van der Waals surface area contributed by atoms with E-state index in [4.69, 9.17) is 0 Å². The van der Waals surface area contributed by atoms with Crippen LogP contribution < -0.4 is 10.6 Å². The van der Waals surface area contributed by atoms with E-state index >= 15 is 0 Å². The van der Waals surface area contributed by atoms with E-state index in [1.807, 2.05) is 25.1 Å². The molecule has 4 nitrogen and oxygen atoms in total. The van der Waals surface area contributed by atoms with Crippen LogP contribution in [0.25, 0.3) is 0 Å². The van der Waals surface area contributed by atoms with Crippen LogP contribution in [0.2, 0.25) is 0 Å². The Morgan fingerprint density at radius 1 is 0.957 bits per heavy atom. The molecule has 0 saturated carbocycles. The molecule has 0 aliphatic heterocycles. The SMILES string of the molecule is CCc1ccccc1NC(=O)CC(=O)NCc1ccccc1F. The van der Waals surface area contributed by atoms with Crippen molar-refractivity contribution in [2.45, 2.75) is 26.3 Å². The standard InChI is InChI=1S/C18H19FN2O2/c1-2-13-7-4-6-10-16(13)21-18(23)11-17(22)20-12-14-8-3-5-9-15(14)19/h3-10H,2,11-12H2,1H3,(H,20,22)(H,21,23). The van der Waals surface area contributed by atoms with E-state index in [9.17, 15) is 14.0 Å². The maximum absolute atomic E-state index is 13.4. The third-order valence-electron chi connectivity index (χ3n) is 3.43. The number of hydrogen-bond acceptors (Lipinski definition) is 2. The first-order valence-corrected chi connectivity index (χ1v) is 7.48. The minimum absolute atomic E-state index is 0.0599. The summed E-state index contributed by atoms with van der Waals surface area (Å²) >= 11 is 0. The number of benzene rings is 2. The molecule has 5 heteroatoms. The van der Waals surface area contributed by atoms with Crippen molar-refractivity contribution in [1.29, 1.82) is 0 Å². The van der Waals surface area contributed by atoms with Crippen molar-refractivity contribution in [3.8, 4) is 0 Å². The van der Waals surface area contributed by atoms with E-state index in [2.05, 4.69) is 10.6 Å². The third-order valence-corrected chi connectivity index (χ3v) is 3.43. The van der Waals surface area contributed by atoms with E-state index in [0.717, 1.165) is 12.0 Å². The summed E-state index contributed by atoms with van der Waals surface area (Å²) in [7, 11) is 0. The lowest BCUT2D eigenvalue weighted by Crippen LogP contribution is -2.28. The maximum atomic E-state index is 13.4. The van der Waals surface area contributed by atoms with Gasteiger partial charge in [0, 0.05) is 17.8 Å². The van der Waals surface area contributed by atoms with E-state index < -0.39 is 11.8 Å². The van der Waals surface area contributed by atoms with Crippen molar-refractivity contribution >= 4 is 17.5 Å². The van der Waals surface area contributed by atoms with Crippen molar-refractivity contribution in [3.63, 3.8) is 0 Å². The predicted octanol–water partition coefficient (Wildman–Crippen LogP) is 3.03. The van der Waals surface area contributed by atoms with Gasteiger partial charge >= 0.3 is 0 Å². The summed E-state index contributed by atoms with van der Waals surface area (Å²) in [6, 6.07) is 13.6. The van der Waals surface area contributed by atoms with Gasteiger partial charge < -0.3 is 10.6 Å². The molecule has 0 fully saturated rings. The summed E-state index contributed by atoms with van der Waals surface area (Å²) in [5, 5.41) is 5.27. The Balaban J connectivity index is 1.85. The Morgan fingerprint density at radius 2 is 1.61 bits per heavy atom. The first-order valence-electron chi connectivity index (χ1n) is 7.48. The quantitative estimate of drug-likeness (QED) is 0.805. The second kappa shape index (κ2) is 8.08. The minimum atomic E-state index is -0.445. The lowest BCUT2D eigenvalue weighted by molar-refractivity contribution is -0.126. The van der Waals surface area contributed by atoms with Gasteiger partial charge in [0.25, 0.3) is 0 Å². The van der Waals surface area contributed by atoms with Crippen LogP contribution in [0.5, 0.6) is 0 Å². The van der Waals surface area contributed by atoms with Crippen LogP contribution in [-0.4, -0.2) is 11.8 Å². The number of halogens is 1. The van der Waals surface area contributed by atoms with Crippen molar-refractivity contribution in [1.82, 2.24) is 5.32 Å². The van der Waals surface area contributed by atoms with Gasteiger partial charge in [-0.3, -0.25) is 9.59 Å². The summed E-state index contributed by atoms with van der Waals surface area (Å²) < 4.78 is 13.4. The molecule has 0 radical (unpaired) electrons. The number of para-hydroxylation sites is 1. The van der Waals surface area contributed by atoms with Gasteiger partial charge in [0.2, 0.25) is 11.8 Å². The first kappa shape index (κ1) is 16.7. The second-order valence-corrected chi connectivity index (χ2v) is 5.10. The zero-order valence-electron chi connectivity index (χ0n) is 12.9. The number of carbonyl (C=O) groups excluding carboxylic acids is 2. The molecule has 0 aliphatic carbocycles. The molecule has 2 aromatic rings. The summed E-state index contributed by atoms with van der Waals surface area (Å²) in [5.41, 5.74) is 2.10. The zero-order valence-corrected chi connectivity index (χ0v) is 12.9. The summed E-state index contributed by atoms with van der Waals surface area (Å²) in [6.45, 7) is 2.05. The van der Waals surface area contributed by atoms with Crippen LogP contribution in [0.3, 0.4) is 0 Å². The lowest BCUT2D eigenvalue weighted by Gasteiger charge is -2.10. The van der Waals surface area contributed by atoms with Crippen molar-refractivity contribution in [2.75, 3.05) is 5.32 Å². The molecule has 23 heavy (non-hydrogen) atoms. The molecular formula is C18H19FN2O2. The monoisotopic (exact) mass is 314 g/mol. The van der Waals surface area contributed by atoms with E-state index in [-0.39, 0.29) is 18.8 Å². The van der Waals surface area contributed by atoms with E-state index in [1.54, 1.807) is 24.3 Å². The molecule has 2 amide bonds. The Hall–Kier alpha value is -2.69. The molecule has 2 N–H and O–H groups in total. The number of hydrogen-bond donors (Lipinski definition) is 2. The van der Waals surface area contributed by atoms with Crippen LogP contribution in [0.1, 0.15) is 24.5 Å². The first-order chi connectivity index (χ1) is 11.1. The van der Waals surface area contributed by atoms with Gasteiger partial charge in [0.05, 0.1) is 0 Å². The van der Waals surface area contributed by atoms with Crippen LogP contribution in [0.15, 0.2) is 48.5 Å². The summed E-state index contributed by atoms with van der Waals surface area (Å²) in [4.78, 5) is 23.7. The fourth-order valence-corrected chi connectivity index (χ4v) is 2.19. The van der Waals surface area contributed by atoms with Gasteiger partial charge in [-0.2, -0.15) is 0 Å². The number of amides is 2. The van der Waals surface area contributed by atoms with Gasteiger partial charge in [-0.25, -0.2) is 4.39 Å². The number of nitrogens with one attached hydrogen (secondary N) is 2. The highest BCUT2D eigenvalue weighted by Crippen LogP contribution is 2.15. The molecular weight excluding hydrogens is 295 g/mol. The molecule has 2 rings (SSSR count). The molecule has 0 aliphatic rings. The number of rotatable bonds is 6. The summed E-state index contributed by atoms with van der Waals surface area (Å²) in [6.07, 6.45) is 0.489. The number of aryl methyl sites for hydroxylation is 1. The second-order valence-electron chi connectivity index (χ2n) is 5.10. The topological polar surface area (TPSA) is 58.2 Å². The fraction of sp³-hybridized carbons (Fsp3) is 0.222. The van der Waals surface area contributed by atoms with Crippen LogP contribution in [0, 0.1) is 5.82 Å². The fourth-order valence-electron chi connectivity index (χ4n) is 2.19. The van der Waals surface area contributed by atoms with Crippen molar-refractivity contribution in [3.05, 3.63) is 65.5 Å². The molecule has 120 valence electrons. The maximum Gasteiger partial charge on any atom is 0.233 e. The Morgan fingerprint density at radius 3 is 2.30 bits per heavy atom. The number of anilines is 1. The van der Waals surface area contributed by atoms with Gasteiger partial charge in [-0.1, -0.05) is 43.3 Å². The minimum Gasteiger partial charge on any atom is -0.351 e. The zero-order chi connectivity index (χ0) is 16.7. The molecule has 0 aromatic heterocycles. The third kappa shape index (κ3) is 4.92. The van der Waals surface area contributed by atoms with E-state index in [1.165, 1.54) is 6.07 Å². The molecule has 0 heterocycles. The highest BCUT2D eigenvalue weighted by Gasteiger charge is 2.11. The van der Waals surface area contributed by atoms with Crippen LogP contribution >= 0.6 is 0 Å². The number of carbonyl (C=O) groups is 2. The molecule has 2 aromatic carbocycles. The highest BCUT2D eigenvalue weighted by molar-refractivity contribution is 6.03. The van der Waals surface area contributed by atoms with Crippen molar-refractivity contribution in [2.24, 2.45) is 0 Å². The molecule has 0 saturated heterocycles. The van der Waals surface area contributed by atoms with Gasteiger partial charge in [-0.15, -0.1) is 0 Å². The summed E-state index contributed by atoms with van der Waals surface area (Å²) in [5.74, 6) is -1.22. The van der Waals surface area contributed by atoms with Gasteiger partial charge in [0.15, 0.2) is 0 Å². The normalized spacial score (nSPS) is 10.2. The van der Waals surface area contributed by atoms with Crippen LogP contribution in [-0.2, 0) is 22.6 Å².